The van der Waals surface area contributed by atoms with Crippen molar-refractivity contribution in [3.63, 3.8) is 0 Å². The van der Waals surface area contributed by atoms with Gasteiger partial charge in [0.2, 0.25) is 5.88 Å². The van der Waals surface area contributed by atoms with Crippen molar-refractivity contribution in [2.45, 2.75) is 12.6 Å². The molecule has 2 rings (SSSR count). The second-order valence-electron chi connectivity index (χ2n) is 4.67. The molecule has 0 amide bonds. The van der Waals surface area contributed by atoms with Gasteiger partial charge in [-0.15, -0.1) is 0 Å². The van der Waals surface area contributed by atoms with E-state index in [1.54, 1.807) is 6.07 Å². The maximum absolute atomic E-state index is 12.5. The summed E-state index contributed by atoms with van der Waals surface area (Å²) >= 11 is 8.75. The highest BCUT2D eigenvalue weighted by Crippen LogP contribution is 2.33. The van der Waals surface area contributed by atoms with Gasteiger partial charge in [0.25, 0.3) is 0 Å². The molecule has 1 aromatic heterocycles. The number of pyridine rings is 1. The van der Waals surface area contributed by atoms with Crippen molar-refractivity contribution in [3.8, 4) is 17.4 Å². The van der Waals surface area contributed by atoms with Crippen LogP contribution in [0.25, 0.3) is 0 Å². The van der Waals surface area contributed by atoms with Crippen LogP contribution < -0.4 is 9.47 Å². The van der Waals surface area contributed by atoms with Crippen LogP contribution in [0.15, 0.2) is 34.9 Å². The zero-order chi connectivity index (χ0) is 17.7. The Morgan fingerprint density at radius 3 is 2.50 bits per heavy atom. The summed E-state index contributed by atoms with van der Waals surface area (Å²) in [6.45, 7) is 0.516. The highest BCUT2D eigenvalue weighted by atomic mass is 79.9. The minimum absolute atomic E-state index is 0.0365. The number of ether oxygens (including phenoxy) is 2. The molecule has 0 spiro atoms. The smallest absolute Gasteiger partial charge is 0.417 e. The summed E-state index contributed by atoms with van der Waals surface area (Å²) in [5.41, 5.74) is -0.853. The van der Waals surface area contributed by atoms with Gasteiger partial charge < -0.3 is 14.6 Å². The van der Waals surface area contributed by atoms with Crippen LogP contribution in [0.2, 0.25) is 5.02 Å². The van der Waals surface area contributed by atoms with Crippen LogP contribution >= 0.6 is 27.5 Å². The van der Waals surface area contributed by atoms with Gasteiger partial charge in [-0.05, 0) is 34.1 Å². The van der Waals surface area contributed by atoms with Crippen molar-refractivity contribution in [1.82, 2.24) is 4.98 Å². The van der Waals surface area contributed by atoms with E-state index >= 15 is 0 Å². The fraction of sp³-hybridized carbons (Fsp3) is 0.267. The zero-order valence-corrected chi connectivity index (χ0v) is 14.5. The van der Waals surface area contributed by atoms with Crippen molar-refractivity contribution < 1.29 is 27.8 Å². The first-order chi connectivity index (χ1) is 11.3. The third-order valence-corrected chi connectivity index (χ3v) is 3.72. The second kappa shape index (κ2) is 7.94. The molecule has 4 nitrogen and oxygen atoms in total. The Kier molecular flexibility index (Phi) is 6.17. The Morgan fingerprint density at radius 1 is 1.17 bits per heavy atom. The molecule has 0 aliphatic carbocycles. The Labute approximate surface area is 149 Å². The summed E-state index contributed by atoms with van der Waals surface area (Å²) in [5.74, 6) is 0.535. The van der Waals surface area contributed by atoms with Crippen LogP contribution in [0.1, 0.15) is 12.0 Å². The highest BCUT2D eigenvalue weighted by Gasteiger charge is 2.31. The molecule has 9 heteroatoms. The van der Waals surface area contributed by atoms with Gasteiger partial charge >= 0.3 is 6.18 Å². The van der Waals surface area contributed by atoms with Crippen molar-refractivity contribution in [3.05, 3.63) is 45.5 Å². The summed E-state index contributed by atoms with van der Waals surface area (Å²) in [6, 6.07) is 5.37. The minimum Gasteiger partial charge on any atom is -0.506 e. The molecule has 0 bridgehead atoms. The molecule has 130 valence electrons. The number of rotatable bonds is 6. The van der Waals surface area contributed by atoms with Crippen molar-refractivity contribution >= 4 is 27.5 Å². The molecule has 0 saturated carbocycles. The Morgan fingerprint density at radius 2 is 1.88 bits per heavy atom. The minimum atomic E-state index is -4.45. The fourth-order valence-electron chi connectivity index (χ4n) is 1.68. The van der Waals surface area contributed by atoms with Crippen molar-refractivity contribution in [1.29, 1.82) is 0 Å². The van der Waals surface area contributed by atoms with E-state index in [0.717, 1.165) is 12.3 Å². The van der Waals surface area contributed by atoms with E-state index in [1.165, 1.54) is 12.1 Å². The topological polar surface area (TPSA) is 51.6 Å². The average Bonchev–Trinajstić information content (AvgIpc) is 2.50. The summed E-state index contributed by atoms with van der Waals surface area (Å²) in [4.78, 5) is 3.65. The van der Waals surface area contributed by atoms with Crippen molar-refractivity contribution in [2.24, 2.45) is 0 Å². The van der Waals surface area contributed by atoms with Crippen LogP contribution in [0.5, 0.6) is 17.4 Å². The van der Waals surface area contributed by atoms with Crippen LogP contribution in [-0.4, -0.2) is 23.3 Å². The Bertz CT molecular complexity index is 713. The maximum Gasteiger partial charge on any atom is 0.417 e. The highest BCUT2D eigenvalue weighted by molar-refractivity contribution is 9.10. The quantitative estimate of drug-likeness (QED) is 0.655. The van der Waals surface area contributed by atoms with Crippen molar-refractivity contribution in [2.75, 3.05) is 13.2 Å². The van der Waals surface area contributed by atoms with Gasteiger partial charge in [0.1, 0.15) is 11.5 Å². The molecule has 1 N–H and O–H groups in total. The molecular formula is C15H12BrClF3NO3. The first kappa shape index (κ1) is 18.7. The first-order valence-electron chi connectivity index (χ1n) is 6.74. The molecule has 0 unspecified atom stereocenters. The molecule has 1 aromatic carbocycles. The Hall–Kier alpha value is -1.67. The summed E-state index contributed by atoms with van der Waals surface area (Å²) in [7, 11) is 0. The number of aromatic nitrogens is 1. The third kappa shape index (κ3) is 5.17. The molecule has 24 heavy (non-hydrogen) atoms. The van der Waals surface area contributed by atoms with E-state index in [-0.39, 0.29) is 27.7 Å². The molecule has 0 radical (unpaired) electrons. The lowest BCUT2D eigenvalue weighted by atomic mass is 10.3. The summed E-state index contributed by atoms with van der Waals surface area (Å²) < 4.78 is 48.4. The number of alkyl halides is 3. The number of phenolic OH excluding ortho intramolecular Hbond substituents is 1. The maximum atomic E-state index is 12.5. The van der Waals surface area contributed by atoms with Gasteiger partial charge in [-0.3, -0.25) is 0 Å². The monoisotopic (exact) mass is 425 g/mol. The predicted octanol–water partition coefficient (Wildman–Crippen LogP) is 5.07. The van der Waals surface area contributed by atoms with E-state index in [2.05, 4.69) is 20.9 Å². The van der Waals surface area contributed by atoms with Gasteiger partial charge in [0, 0.05) is 18.7 Å². The van der Waals surface area contributed by atoms with Crippen LogP contribution in [0, 0.1) is 0 Å². The summed E-state index contributed by atoms with van der Waals surface area (Å²) in [5, 5.41) is 9.47. The van der Waals surface area contributed by atoms with E-state index in [1.807, 2.05) is 0 Å². The Balaban J connectivity index is 1.79. The van der Waals surface area contributed by atoms with E-state index in [4.69, 9.17) is 21.1 Å². The van der Waals surface area contributed by atoms with E-state index in [9.17, 15) is 18.3 Å². The van der Waals surface area contributed by atoms with Crippen LogP contribution in [0.3, 0.4) is 0 Å². The molecular weight excluding hydrogens is 415 g/mol. The number of phenols is 1. The molecule has 0 aliphatic heterocycles. The third-order valence-electron chi connectivity index (χ3n) is 2.85. The average molecular weight is 427 g/mol. The SMILES string of the molecule is Oc1ccc(OCCCOc2ncc(C(F)(F)F)cc2Br)cc1Cl. The molecule has 0 atom stereocenters. The predicted molar refractivity (Wildman–Crippen MR) is 85.7 cm³/mol. The zero-order valence-electron chi connectivity index (χ0n) is 12.1. The number of benzene rings is 1. The molecule has 1 heterocycles. The lowest BCUT2D eigenvalue weighted by molar-refractivity contribution is -0.137. The molecule has 0 aliphatic rings. The number of hydrogen-bond donors (Lipinski definition) is 1. The van der Waals surface area contributed by atoms with Crippen LogP contribution in [-0.2, 0) is 6.18 Å². The standard InChI is InChI=1S/C15H12BrClF3NO3/c16-11-6-9(15(18,19)20)8-21-14(11)24-5-1-4-23-10-2-3-13(22)12(17)7-10/h2-3,6-8,22H,1,4-5H2. The van der Waals surface area contributed by atoms with Gasteiger partial charge in [-0.25, -0.2) is 4.98 Å². The molecule has 0 fully saturated rings. The van der Waals surface area contributed by atoms with Gasteiger partial charge in [0.05, 0.1) is 28.3 Å². The first-order valence-corrected chi connectivity index (χ1v) is 7.91. The largest absolute Gasteiger partial charge is 0.506 e. The van der Waals surface area contributed by atoms with Gasteiger partial charge in [0.15, 0.2) is 0 Å². The number of halogens is 5. The second-order valence-corrected chi connectivity index (χ2v) is 5.93. The molecule has 2 aromatic rings. The molecule has 0 saturated heterocycles. The fourth-order valence-corrected chi connectivity index (χ4v) is 2.32. The number of nitrogens with zero attached hydrogens (tertiary/aromatic N) is 1. The van der Waals surface area contributed by atoms with Gasteiger partial charge in [-0.1, -0.05) is 11.6 Å². The van der Waals surface area contributed by atoms with Crippen LogP contribution in [0.4, 0.5) is 13.2 Å². The van der Waals surface area contributed by atoms with E-state index < -0.39 is 11.7 Å². The number of aromatic hydroxyl groups is 1. The lowest BCUT2D eigenvalue weighted by Crippen LogP contribution is -2.08. The normalized spacial score (nSPS) is 11.4. The van der Waals surface area contributed by atoms with Gasteiger partial charge in [-0.2, -0.15) is 13.2 Å². The lowest BCUT2D eigenvalue weighted by Gasteiger charge is -2.11. The summed E-state index contributed by atoms with van der Waals surface area (Å²) in [6.07, 6.45) is -3.25. The van der Waals surface area contributed by atoms with E-state index in [0.29, 0.717) is 18.8 Å². The number of hydrogen-bond acceptors (Lipinski definition) is 4.